The predicted molar refractivity (Wildman–Crippen MR) is 98.2 cm³/mol. The van der Waals surface area contributed by atoms with Crippen molar-refractivity contribution in [1.82, 2.24) is 5.32 Å². The van der Waals surface area contributed by atoms with Crippen LogP contribution in [0.2, 0.25) is 10.0 Å². The number of thiocarbonyl (C=S) groups is 1. The molecule has 0 radical (unpaired) electrons. The first-order valence-electron chi connectivity index (χ1n) is 6.33. The highest BCUT2D eigenvalue weighted by Gasteiger charge is 2.21. The SMILES string of the molecule is O=C1NC(=S)SC1=Cc1cccc(-c2ccc(Cl)cc2Cl)c1. The first kappa shape index (κ1) is 15.6. The number of thioether (sulfide) groups is 1. The van der Waals surface area contributed by atoms with Gasteiger partial charge in [0.15, 0.2) is 0 Å². The fourth-order valence-electron chi connectivity index (χ4n) is 2.09. The van der Waals surface area contributed by atoms with E-state index in [4.69, 9.17) is 35.4 Å². The quantitative estimate of drug-likeness (QED) is 0.589. The highest BCUT2D eigenvalue weighted by Crippen LogP contribution is 2.32. The summed E-state index contributed by atoms with van der Waals surface area (Å²) in [5.74, 6) is -0.162. The molecule has 0 bridgehead atoms. The molecule has 0 unspecified atom stereocenters. The van der Waals surface area contributed by atoms with Crippen LogP contribution in [0.3, 0.4) is 0 Å². The highest BCUT2D eigenvalue weighted by molar-refractivity contribution is 8.26. The molecule has 22 heavy (non-hydrogen) atoms. The van der Waals surface area contributed by atoms with Crippen molar-refractivity contribution in [3.05, 3.63) is 63.0 Å². The van der Waals surface area contributed by atoms with Crippen molar-refractivity contribution in [3.63, 3.8) is 0 Å². The van der Waals surface area contributed by atoms with Crippen LogP contribution in [0.25, 0.3) is 17.2 Å². The Kier molecular flexibility index (Phi) is 4.54. The van der Waals surface area contributed by atoms with Crippen LogP contribution in [0, 0.1) is 0 Å². The standard InChI is InChI=1S/C16H9Cl2NOS2/c17-11-4-5-12(13(18)8-11)10-3-1-2-9(6-10)7-14-15(20)19-16(21)22-14/h1-8H,(H,19,20,21). The fourth-order valence-corrected chi connectivity index (χ4v) is 3.65. The molecule has 1 aliphatic heterocycles. The van der Waals surface area contributed by atoms with Gasteiger partial charge < -0.3 is 5.32 Å². The lowest BCUT2D eigenvalue weighted by Gasteiger charge is -2.06. The summed E-state index contributed by atoms with van der Waals surface area (Å²) in [7, 11) is 0. The minimum atomic E-state index is -0.162. The van der Waals surface area contributed by atoms with E-state index >= 15 is 0 Å². The Morgan fingerprint density at radius 2 is 1.95 bits per heavy atom. The Balaban J connectivity index is 1.98. The van der Waals surface area contributed by atoms with Gasteiger partial charge in [0.25, 0.3) is 5.91 Å². The van der Waals surface area contributed by atoms with E-state index in [2.05, 4.69) is 5.32 Å². The Bertz CT molecular complexity index is 818. The number of hydrogen-bond acceptors (Lipinski definition) is 3. The second-order valence-corrected chi connectivity index (χ2v) is 7.16. The Morgan fingerprint density at radius 1 is 1.14 bits per heavy atom. The number of carbonyl (C=O) groups excluding carboxylic acids is 1. The molecule has 0 saturated carbocycles. The van der Waals surface area contributed by atoms with Gasteiger partial charge in [-0.2, -0.15) is 0 Å². The van der Waals surface area contributed by atoms with E-state index in [0.29, 0.717) is 19.3 Å². The van der Waals surface area contributed by atoms with E-state index < -0.39 is 0 Å². The van der Waals surface area contributed by atoms with Crippen molar-refractivity contribution in [2.45, 2.75) is 0 Å². The summed E-state index contributed by atoms with van der Waals surface area (Å²) in [6, 6.07) is 13.2. The maximum absolute atomic E-state index is 11.7. The lowest BCUT2D eigenvalue weighted by Crippen LogP contribution is -2.17. The molecule has 1 saturated heterocycles. The van der Waals surface area contributed by atoms with Gasteiger partial charge in [0.2, 0.25) is 0 Å². The van der Waals surface area contributed by atoms with Gasteiger partial charge in [-0.15, -0.1) is 0 Å². The molecule has 1 fully saturated rings. The van der Waals surface area contributed by atoms with E-state index in [-0.39, 0.29) is 5.91 Å². The van der Waals surface area contributed by atoms with Gasteiger partial charge in [-0.3, -0.25) is 4.79 Å². The summed E-state index contributed by atoms with van der Waals surface area (Å²) >= 11 is 18.4. The molecule has 0 spiro atoms. The van der Waals surface area contributed by atoms with Gasteiger partial charge >= 0.3 is 0 Å². The second-order valence-electron chi connectivity index (χ2n) is 4.60. The van der Waals surface area contributed by atoms with Crippen molar-refractivity contribution in [1.29, 1.82) is 0 Å². The number of hydrogen-bond donors (Lipinski definition) is 1. The first-order valence-corrected chi connectivity index (χ1v) is 8.31. The van der Waals surface area contributed by atoms with Gasteiger partial charge in [-0.25, -0.2) is 0 Å². The molecule has 6 heteroatoms. The Labute approximate surface area is 147 Å². The molecule has 110 valence electrons. The molecular formula is C16H9Cl2NOS2. The number of benzene rings is 2. The van der Waals surface area contributed by atoms with Crippen molar-refractivity contribution in [3.8, 4) is 11.1 Å². The number of rotatable bonds is 2. The molecule has 3 rings (SSSR count). The van der Waals surface area contributed by atoms with Gasteiger partial charge in [0, 0.05) is 15.6 Å². The second kappa shape index (κ2) is 6.42. The molecule has 0 aliphatic carbocycles. The topological polar surface area (TPSA) is 29.1 Å². The summed E-state index contributed by atoms with van der Waals surface area (Å²) in [6.45, 7) is 0. The number of carbonyl (C=O) groups is 1. The smallest absolute Gasteiger partial charge is 0.263 e. The first-order chi connectivity index (χ1) is 10.5. The van der Waals surface area contributed by atoms with Crippen LogP contribution in [0.15, 0.2) is 47.4 Å². The van der Waals surface area contributed by atoms with Crippen LogP contribution in [-0.2, 0) is 4.79 Å². The summed E-state index contributed by atoms with van der Waals surface area (Å²) in [5.41, 5.74) is 2.76. The Hall–Kier alpha value is -1.33. The van der Waals surface area contributed by atoms with E-state index in [9.17, 15) is 4.79 Å². The van der Waals surface area contributed by atoms with Crippen molar-refractivity contribution >= 4 is 63.5 Å². The van der Waals surface area contributed by atoms with Gasteiger partial charge in [-0.05, 0) is 35.4 Å². The third-order valence-corrected chi connectivity index (χ3v) is 4.78. The summed E-state index contributed by atoms with van der Waals surface area (Å²) in [4.78, 5) is 12.3. The van der Waals surface area contributed by atoms with Crippen LogP contribution in [-0.4, -0.2) is 10.2 Å². The molecule has 2 nitrogen and oxygen atoms in total. The van der Waals surface area contributed by atoms with Crippen molar-refractivity contribution in [2.24, 2.45) is 0 Å². The van der Waals surface area contributed by atoms with Gasteiger partial charge in [0.05, 0.1) is 4.91 Å². The van der Waals surface area contributed by atoms with Crippen molar-refractivity contribution < 1.29 is 4.79 Å². The molecule has 0 aromatic heterocycles. The van der Waals surface area contributed by atoms with E-state index in [1.165, 1.54) is 11.8 Å². The van der Waals surface area contributed by atoms with Crippen LogP contribution >= 0.6 is 47.2 Å². The van der Waals surface area contributed by atoms with Crippen molar-refractivity contribution in [2.75, 3.05) is 0 Å². The number of halogens is 2. The zero-order valence-corrected chi connectivity index (χ0v) is 14.2. The highest BCUT2D eigenvalue weighted by atomic mass is 35.5. The molecular weight excluding hydrogens is 357 g/mol. The zero-order valence-electron chi connectivity index (χ0n) is 11.1. The zero-order chi connectivity index (χ0) is 15.7. The van der Waals surface area contributed by atoms with Crippen LogP contribution in [0.5, 0.6) is 0 Å². The summed E-state index contributed by atoms with van der Waals surface area (Å²) in [5, 5.41) is 3.79. The van der Waals surface area contributed by atoms with Gasteiger partial charge in [-0.1, -0.05) is 71.4 Å². The lowest BCUT2D eigenvalue weighted by molar-refractivity contribution is -0.115. The molecule has 1 N–H and O–H groups in total. The minimum Gasteiger partial charge on any atom is -0.307 e. The number of nitrogens with one attached hydrogen (secondary N) is 1. The molecule has 1 amide bonds. The van der Waals surface area contributed by atoms with E-state index in [0.717, 1.165) is 16.7 Å². The molecule has 0 atom stereocenters. The summed E-state index contributed by atoms with van der Waals surface area (Å²) < 4.78 is 0.480. The molecule has 2 aromatic rings. The fraction of sp³-hybridized carbons (Fsp3) is 0. The van der Waals surface area contributed by atoms with E-state index in [1.807, 2.05) is 36.4 Å². The minimum absolute atomic E-state index is 0.162. The molecule has 1 heterocycles. The lowest BCUT2D eigenvalue weighted by atomic mass is 10.0. The predicted octanol–water partition coefficient (Wildman–Crippen LogP) is 5.15. The maximum Gasteiger partial charge on any atom is 0.263 e. The molecule has 1 aliphatic rings. The monoisotopic (exact) mass is 365 g/mol. The third kappa shape index (κ3) is 3.36. The normalized spacial score (nSPS) is 16.2. The summed E-state index contributed by atoms with van der Waals surface area (Å²) in [6.07, 6.45) is 1.81. The van der Waals surface area contributed by atoms with Crippen LogP contribution in [0.1, 0.15) is 5.56 Å². The van der Waals surface area contributed by atoms with Crippen LogP contribution < -0.4 is 5.32 Å². The van der Waals surface area contributed by atoms with Gasteiger partial charge in [0.1, 0.15) is 4.32 Å². The average Bonchev–Trinajstić information content (AvgIpc) is 2.77. The Morgan fingerprint density at radius 3 is 2.64 bits per heavy atom. The largest absolute Gasteiger partial charge is 0.307 e. The average molecular weight is 366 g/mol. The maximum atomic E-state index is 11.7. The van der Waals surface area contributed by atoms with E-state index in [1.54, 1.807) is 12.1 Å². The number of amides is 1. The third-order valence-electron chi connectivity index (χ3n) is 3.07. The molecule has 2 aromatic carbocycles. The van der Waals surface area contributed by atoms with Crippen LogP contribution in [0.4, 0.5) is 0 Å².